The maximum atomic E-state index is 14.0. The second-order valence-corrected chi connectivity index (χ2v) is 9.07. The zero-order chi connectivity index (χ0) is 34.4. The Hall–Kier alpha value is -6.11. The van der Waals surface area contributed by atoms with Gasteiger partial charge in [0.25, 0.3) is 0 Å². The SMILES string of the molecule is C=CC(=O)OCOc1ccc(/C=C/C(=O)Oc2ccc(OC(=O)/C=C/c3ccc(OCOC(=O)C=C)cc3)c(C(F)(F)F)c2C)cc1. The molecule has 244 valence electrons. The third kappa shape index (κ3) is 11.4. The number of esters is 4. The van der Waals surface area contributed by atoms with Crippen LogP contribution in [0.25, 0.3) is 12.2 Å². The normalized spacial score (nSPS) is 11.1. The van der Waals surface area contributed by atoms with E-state index in [1.54, 1.807) is 36.4 Å². The van der Waals surface area contributed by atoms with Crippen molar-refractivity contribution in [1.29, 1.82) is 0 Å². The molecule has 3 aromatic rings. The molecular formula is C34H27F3O10. The molecule has 0 N–H and O–H groups in total. The van der Waals surface area contributed by atoms with Crippen LogP contribution in [-0.4, -0.2) is 37.5 Å². The van der Waals surface area contributed by atoms with Gasteiger partial charge in [0, 0.05) is 29.9 Å². The molecule has 0 aliphatic heterocycles. The molecule has 0 atom stereocenters. The number of hydrogen-bond donors (Lipinski definition) is 0. The fraction of sp³-hybridized carbons (Fsp3) is 0.118. The van der Waals surface area contributed by atoms with E-state index in [4.69, 9.17) is 28.4 Å². The summed E-state index contributed by atoms with van der Waals surface area (Å²) >= 11 is 0. The van der Waals surface area contributed by atoms with Gasteiger partial charge in [-0.2, -0.15) is 13.2 Å². The second kappa shape index (κ2) is 16.8. The van der Waals surface area contributed by atoms with Gasteiger partial charge in [-0.05, 0) is 66.6 Å². The van der Waals surface area contributed by atoms with Crippen molar-refractivity contribution in [2.24, 2.45) is 0 Å². The fourth-order valence-electron chi connectivity index (χ4n) is 3.61. The molecule has 0 radical (unpaired) electrons. The van der Waals surface area contributed by atoms with Gasteiger partial charge in [-0.3, -0.25) is 0 Å². The highest BCUT2D eigenvalue weighted by Crippen LogP contribution is 2.42. The molecule has 0 saturated heterocycles. The molecule has 0 bridgehead atoms. The second-order valence-electron chi connectivity index (χ2n) is 9.07. The number of carbonyl (C=O) groups excluding carboxylic acids is 4. The van der Waals surface area contributed by atoms with Gasteiger partial charge in [-0.1, -0.05) is 37.4 Å². The average molecular weight is 653 g/mol. The average Bonchev–Trinajstić information content (AvgIpc) is 3.04. The standard InChI is InChI=1S/C34H27F3O10/c1-4-29(38)44-20-42-25-12-6-23(7-13-25)10-18-31(40)46-27-16-17-28(33(22(27)3)34(35,36)37)47-32(41)19-11-24-8-14-26(15-9-24)43-21-45-30(39)5-2/h4-19H,1-2,20-21H2,3H3/b18-10+,19-11+. The Balaban J connectivity index is 1.62. The van der Waals surface area contributed by atoms with Crippen LogP contribution < -0.4 is 18.9 Å². The van der Waals surface area contributed by atoms with Crippen molar-refractivity contribution in [2.75, 3.05) is 13.6 Å². The molecule has 3 rings (SSSR count). The van der Waals surface area contributed by atoms with Crippen molar-refractivity contribution in [1.82, 2.24) is 0 Å². The number of ether oxygens (including phenoxy) is 6. The third-order valence-electron chi connectivity index (χ3n) is 5.85. The summed E-state index contributed by atoms with van der Waals surface area (Å²) in [4.78, 5) is 46.9. The number of halogens is 3. The quantitative estimate of drug-likeness (QED) is 0.0839. The van der Waals surface area contributed by atoms with E-state index in [-0.39, 0.29) is 19.3 Å². The first-order valence-corrected chi connectivity index (χ1v) is 13.4. The van der Waals surface area contributed by atoms with E-state index in [2.05, 4.69) is 13.2 Å². The molecule has 0 unspecified atom stereocenters. The molecule has 13 heteroatoms. The maximum Gasteiger partial charge on any atom is 0.420 e. The summed E-state index contributed by atoms with van der Waals surface area (Å²) in [5.41, 5.74) is -0.727. The number of rotatable bonds is 14. The highest BCUT2D eigenvalue weighted by atomic mass is 19.4. The Kier molecular flexibility index (Phi) is 12.7. The van der Waals surface area contributed by atoms with Crippen LogP contribution in [-0.2, 0) is 34.8 Å². The van der Waals surface area contributed by atoms with Crippen molar-refractivity contribution in [3.8, 4) is 23.0 Å². The number of hydrogen-bond acceptors (Lipinski definition) is 10. The lowest BCUT2D eigenvalue weighted by atomic mass is 10.1. The van der Waals surface area contributed by atoms with Gasteiger partial charge in [0.15, 0.2) is 0 Å². The fourth-order valence-corrected chi connectivity index (χ4v) is 3.61. The van der Waals surface area contributed by atoms with Crippen LogP contribution in [0.4, 0.5) is 13.2 Å². The molecule has 47 heavy (non-hydrogen) atoms. The van der Waals surface area contributed by atoms with Gasteiger partial charge in [0.2, 0.25) is 13.6 Å². The zero-order valence-corrected chi connectivity index (χ0v) is 24.8. The molecular weight excluding hydrogens is 625 g/mol. The minimum atomic E-state index is -4.95. The largest absolute Gasteiger partial charge is 0.457 e. The Labute approximate surface area is 266 Å². The Morgan fingerprint density at radius 2 is 1.04 bits per heavy atom. The maximum absolute atomic E-state index is 14.0. The molecule has 0 fully saturated rings. The van der Waals surface area contributed by atoms with Gasteiger partial charge in [-0.15, -0.1) is 0 Å². The molecule has 0 aromatic heterocycles. The first kappa shape index (κ1) is 35.4. The summed E-state index contributed by atoms with van der Waals surface area (Å²) in [6.07, 6.45) is 1.65. The third-order valence-corrected chi connectivity index (χ3v) is 5.85. The van der Waals surface area contributed by atoms with Crippen LogP contribution in [0.15, 0.2) is 98.1 Å². The summed E-state index contributed by atoms with van der Waals surface area (Å²) in [5.74, 6) is -3.79. The van der Waals surface area contributed by atoms with Crippen molar-refractivity contribution in [2.45, 2.75) is 13.1 Å². The molecule has 0 saturated carbocycles. The number of alkyl halides is 3. The van der Waals surface area contributed by atoms with E-state index in [9.17, 15) is 32.3 Å². The molecule has 3 aromatic carbocycles. The van der Waals surface area contributed by atoms with Gasteiger partial charge in [0.1, 0.15) is 28.6 Å². The molecule has 0 amide bonds. The van der Waals surface area contributed by atoms with Crippen molar-refractivity contribution in [3.05, 3.63) is 120 Å². The molecule has 0 aliphatic carbocycles. The van der Waals surface area contributed by atoms with E-state index in [0.29, 0.717) is 22.6 Å². The van der Waals surface area contributed by atoms with E-state index < -0.39 is 46.9 Å². The zero-order valence-electron chi connectivity index (χ0n) is 24.8. The lowest BCUT2D eigenvalue weighted by molar-refractivity contribution is -0.145. The van der Waals surface area contributed by atoms with Crippen LogP contribution in [0.1, 0.15) is 22.3 Å². The van der Waals surface area contributed by atoms with E-state index in [1.807, 2.05) is 0 Å². The van der Waals surface area contributed by atoms with Gasteiger partial charge >= 0.3 is 30.1 Å². The van der Waals surface area contributed by atoms with Crippen molar-refractivity contribution < 1.29 is 60.8 Å². The Morgan fingerprint density at radius 3 is 1.45 bits per heavy atom. The predicted octanol–water partition coefficient (Wildman–Crippen LogP) is 6.38. The summed E-state index contributed by atoms with van der Waals surface area (Å²) in [5, 5.41) is 0. The first-order valence-electron chi connectivity index (χ1n) is 13.4. The lowest BCUT2D eigenvalue weighted by Crippen LogP contribution is -2.15. The topological polar surface area (TPSA) is 124 Å². The Bertz CT molecular complexity index is 1670. The minimum absolute atomic E-state index is 0.328. The number of benzene rings is 3. The van der Waals surface area contributed by atoms with Crippen LogP contribution in [0.5, 0.6) is 23.0 Å². The molecule has 10 nitrogen and oxygen atoms in total. The van der Waals surface area contributed by atoms with E-state index in [1.165, 1.54) is 24.3 Å². The van der Waals surface area contributed by atoms with Crippen LogP contribution >= 0.6 is 0 Å². The van der Waals surface area contributed by atoms with Crippen molar-refractivity contribution in [3.63, 3.8) is 0 Å². The van der Waals surface area contributed by atoms with Gasteiger partial charge in [0.05, 0.1) is 0 Å². The smallest absolute Gasteiger partial charge is 0.420 e. The Morgan fingerprint density at radius 1 is 0.638 bits per heavy atom. The van der Waals surface area contributed by atoms with Crippen LogP contribution in [0.2, 0.25) is 0 Å². The van der Waals surface area contributed by atoms with E-state index in [0.717, 1.165) is 43.4 Å². The van der Waals surface area contributed by atoms with Gasteiger partial charge in [-0.25, -0.2) is 19.2 Å². The van der Waals surface area contributed by atoms with Crippen LogP contribution in [0.3, 0.4) is 0 Å². The molecule has 0 heterocycles. The monoisotopic (exact) mass is 652 g/mol. The lowest BCUT2D eigenvalue weighted by Gasteiger charge is -2.17. The highest BCUT2D eigenvalue weighted by molar-refractivity contribution is 5.90. The van der Waals surface area contributed by atoms with Crippen LogP contribution in [0, 0.1) is 6.92 Å². The molecule has 0 aliphatic rings. The summed E-state index contributed by atoms with van der Waals surface area (Å²) in [6, 6.07) is 14.3. The molecule has 0 spiro atoms. The summed E-state index contributed by atoms with van der Waals surface area (Å²) in [6.45, 7) is 6.93. The predicted molar refractivity (Wildman–Crippen MR) is 162 cm³/mol. The van der Waals surface area contributed by atoms with Gasteiger partial charge < -0.3 is 28.4 Å². The highest BCUT2D eigenvalue weighted by Gasteiger charge is 2.38. The number of carbonyl (C=O) groups is 4. The summed E-state index contributed by atoms with van der Waals surface area (Å²) < 4.78 is 72.0. The summed E-state index contributed by atoms with van der Waals surface area (Å²) in [7, 11) is 0. The van der Waals surface area contributed by atoms with Crippen molar-refractivity contribution >= 4 is 36.0 Å². The minimum Gasteiger partial charge on any atom is -0.457 e. The first-order chi connectivity index (χ1) is 22.4. The van der Waals surface area contributed by atoms with E-state index >= 15 is 0 Å².